The fourth-order valence-electron chi connectivity index (χ4n) is 3.22. The van der Waals surface area contributed by atoms with Gasteiger partial charge in [-0.25, -0.2) is 9.79 Å². The molecule has 0 atom stereocenters. The van der Waals surface area contributed by atoms with E-state index in [9.17, 15) is 17.1 Å². The van der Waals surface area contributed by atoms with Crippen molar-refractivity contribution < 1.29 is 21.8 Å². The summed E-state index contributed by atoms with van der Waals surface area (Å²) in [6.07, 6.45) is 0. The topological polar surface area (TPSA) is 164 Å². The highest BCUT2D eigenvalue weighted by atomic mass is 35.5. The maximum Gasteiger partial charge on any atom is 0.332 e. The van der Waals surface area contributed by atoms with Crippen LogP contribution in [0.1, 0.15) is 13.8 Å². The Hall–Kier alpha value is -3.58. The van der Waals surface area contributed by atoms with Crippen LogP contribution < -0.4 is 31.7 Å². The van der Waals surface area contributed by atoms with Gasteiger partial charge < -0.3 is 26.8 Å². The molecule has 34 heavy (non-hydrogen) atoms. The molecule has 1 aliphatic heterocycles. The van der Waals surface area contributed by atoms with E-state index in [-0.39, 0.29) is 30.8 Å². The predicted octanol–water partition coefficient (Wildman–Crippen LogP) is 2.38. The summed E-state index contributed by atoms with van der Waals surface area (Å²) in [5, 5.41) is 5.25. The number of hydrogen-bond acceptors (Lipinski definition) is 9. The average Bonchev–Trinajstić information content (AvgIpc) is 2.70. The summed E-state index contributed by atoms with van der Waals surface area (Å²) in [5.74, 6) is 0.635. The van der Waals surface area contributed by atoms with Crippen molar-refractivity contribution in [3.63, 3.8) is 0 Å². The first-order valence-corrected chi connectivity index (χ1v) is 11.6. The lowest BCUT2D eigenvalue weighted by Gasteiger charge is -2.38. The number of nitrogens with one attached hydrogen (secondary N) is 2. The molecular weight excluding hydrogens is 489 g/mol. The molecule has 2 aromatic carbocycles. The minimum absolute atomic E-state index is 0.0847. The fourth-order valence-corrected chi connectivity index (χ4v) is 3.96. The number of carbonyl (C=O) groups excluding carboxylic acids is 1. The third kappa shape index (κ3) is 6.05. The van der Waals surface area contributed by atoms with Crippen LogP contribution in [-0.4, -0.2) is 45.2 Å². The van der Waals surface area contributed by atoms with Crippen molar-refractivity contribution >= 4 is 51.1 Å². The second-order valence-corrected chi connectivity index (χ2v) is 9.33. The standard InChI is InChI=1S/C20H23ClFN7O4S/c1-20(2)28-17(23)27-18(24)29(20)13-6-7-16(15(21)11-13)33-9-8-25-19(30)26-12-4-3-5-14(10-12)34(22,31)32/h3-7,10-11H,8-9H2,1-2H3,(H2,25,26,30)(H4,23,24,27,28). The van der Waals surface area contributed by atoms with Crippen molar-refractivity contribution in [1.29, 1.82) is 0 Å². The molecule has 3 rings (SSSR count). The molecule has 0 radical (unpaired) electrons. The first-order chi connectivity index (χ1) is 15.9. The number of guanidine groups is 2. The lowest BCUT2D eigenvalue weighted by Crippen LogP contribution is -2.54. The van der Waals surface area contributed by atoms with E-state index in [1.807, 2.05) is 13.8 Å². The van der Waals surface area contributed by atoms with E-state index in [1.165, 1.54) is 12.1 Å². The Balaban J connectivity index is 1.54. The number of benzene rings is 2. The van der Waals surface area contributed by atoms with Crippen molar-refractivity contribution in [1.82, 2.24) is 5.32 Å². The Labute approximate surface area is 200 Å². The average molecular weight is 512 g/mol. The third-order valence-corrected chi connectivity index (χ3v) is 5.70. The largest absolute Gasteiger partial charge is 0.490 e. The van der Waals surface area contributed by atoms with E-state index >= 15 is 0 Å². The summed E-state index contributed by atoms with van der Waals surface area (Å²) in [6, 6.07) is 9.21. The van der Waals surface area contributed by atoms with Gasteiger partial charge in [-0.15, -0.1) is 3.89 Å². The number of halogens is 2. The number of amides is 2. The predicted molar refractivity (Wildman–Crippen MR) is 129 cm³/mol. The molecule has 0 aliphatic carbocycles. The third-order valence-electron chi connectivity index (χ3n) is 4.59. The minimum atomic E-state index is -4.87. The number of nitrogens with zero attached hydrogens (tertiary/aromatic N) is 3. The van der Waals surface area contributed by atoms with Crippen molar-refractivity contribution in [2.75, 3.05) is 23.4 Å². The maximum absolute atomic E-state index is 13.1. The molecule has 14 heteroatoms. The van der Waals surface area contributed by atoms with Crippen LogP contribution in [0.5, 0.6) is 5.75 Å². The first-order valence-electron chi connectivity index (χ1n) is 9.88. The van der Waals surface area contributed by atoms with Gasteiger partial charge in [0, 0.05) is 11.4 Å². The van der Waals surface area contributed by atoms with Gasteiger partial charge in [-0.2, -0.15) is 13.4 Å². The molecule has 0 spiro atoms. The van der Waals surface area contributed by atoms with Gasteiger partial charge in [0.15, 0.2) is 0 Å². The molecule has 11 nitrogen and oxygen atoms in total. The summed E-state index contributed by atoms with van der Waals surface area (Å²) >= 11 is 6.35. The summed E-state index contributed by atoms with van der Waals surface area (Å²) in [5.41, 5.74) is 11.7. The number of carbonyl (C=O) groups is 1. The van der Waals surface area contributed by atoms with E-state index in [0.717, 1.165) is 12.1 Å². The van der Waals surface area contributed by atoms with Crippen LogP contribution >= 0.6 is 11.6 Å². The molecule has 0 unspecified atom stereocenters. The Morgan fingerprint density at radius 3 is 2.62 bits per heavy atom. The van der Waals surface area contributed by atoms with Crippen LogP contribution in [-0.2, 0) is 10.2 Å². The highest BCUT2D eigenvalue weighted by Crippen LogP contribution is 2.33. The van der Waals surface area contributed by atoms with Crippen LogP contribution in [0.15, 0.2) is 57.3 Å². The second-order valence-electron chi connectivity index (χ2n) is 7.58. The van der Waals surface area contributed by atoms with E-state index in [2.05, 4.69) is 20.6 Å². The van der Waals surface area contributed by atoms with Crippen LogP contribution in [0, 0.1) is 0 Å². The zero-order chi connectivity index (χ0) is 25.1. The Kier molecular flexibility index (Phi) is 7.17. The normalized spacial score (nSPS) is 15.2. The maximum atomic E-state index is 13.1. The molecule has 0 saturated carbocycles. The molecular formula is C20H23ClFN7O4S. The summed E-state index contributed by atoms with van der Waals surface area (Å²) in [4.78, 5) is 21.4. The molecule has 1 aliphatic rings. The number of aliphatic imine (C=N–C) groups is 2. The molecule has 6 N–H and O–H groups in total. The number of anilines is 2. The van der Waals surface area contributed by atoms with E-state index in [1.54, 1.807) is 23.1 Å². The van der Waals surface area contributed by atoms with E-state index in [0.29, 0.717) is 16.5 Å². The Bertz CT molecular complexity index is 1270. The molecule has 0 bridgehead atoms. The summed E-state index contributed by atoms with van der Waals surface area (Å²) in [6.45, 7) is 3.84. The highest BCUT2D eigenvalue weighted by molar-refractivity contribution is 7.86. The number of ether oxygens (including phenoxy) is 1. The van der Waals surface area contributed by atoms with E-state index in [4.69, 9.17) is 27.8 Å². The molecule has 0 saturated heterocycles. The van der Waals surface area contributed by atoms with Gasteiger partial charge in [0.25, 0.3) is 0 Å². The van der Waals surface area contributed by atoms with Crippen molar-refractivity contribution in [2.45, 2.75) is 24.4 Å². The van der Waals surface area contributed by atoms with Crippen LogP contribution in [0.3, 0.4) is 0 Å². The minimum Gasteiger partial charge on any atom is -0.490 e. The molecule has 182 valence electrons. The smallest absolute Gasteiger partial charge is 0.332 e. The number of urea groups is 1. The fraction of sp³-hybridized carbons (Fsp3) is 0.250. The van der Waals surface area contributed by atoms with Crippen LogP contribution in [0.25, 0.3) is 0 Å². The Morgan fingerprint density at radius 1 is 1.24 bits per heavy atom. The SMILES string of the molecule is CC1(C)N=C(N)N=C(N)N1c1ccc(OCCNC(=O)Nc2cccc(S(=O)(=O)F)c2)c(Cl)c1. The highest BCUT2D eigenvalue weighted by Gasteiger charge is 2.33. The second kappa shape index (κ2) is 9.73. The van der Waals surface area contributed by atoms with Gasteiger partial charge in [0.1, 0.15) is 22.9 Å². The van der Waals surface area contributed by atoms with Gasteiger partial charge in [0.2, 0.25) is 11.9 Å². The van der Waals surface area contributed by atoms with Crippen molar-refractivity contribution in [2.24, 2.45) is 21.5 Å². The Morgan fingerprint density at radius 2 is 1.97 bits per heavy atom. The van der Waals surface area contributed by atoms with E-state index < -0.39 is 26.8 Å². The first kappa shape index (κ1) is 25.1. The molecule has 0 fully saturated rings. The lowest BCUT2D eigenvalue weighted by atomic mass is 10.1. The zero-order valence-corrected chi connectivity index (χ0v) is 19.8. The van der Waals surface area contributed by atoms with Gasteiger partial charge in [-0.05, 0) is 50.2 Å². The molecule has 0 aromatic heterocycles. The monoisotopic (exact) mass is 511 g/mol. The van der Waals surface area contributed by atoms with Crippen LogP contribution in [0.2, 0.25) is 5.02 Å². The molecule has 2 aromatic rings. The van der Waals surface area contributed by atoms with Crippen molar-refractivity contribution in [3.05, 3.63) is 47.5 Å². The number of hydrogen-bond donors (Lipinski definition) is 4. The molecule has 2 amide bonds. The van der Waals surface area contributed by atoms with Gasteiger partial charge in [-0.3, -0.25) is 4.90 Å². The zero-order valence-electron chi connectivity index (χ0n) is 18.2. The van der Waals surface area contributed by atoms with Gasteiger partial charge in [0.05, 0.1) is 11.6 Å². The molecule has 1 heterocycles. The summed E-state index contributed by atoms with van der Waals surface area (Å²) in [7, 11) is -4.87. The lowest BCUT2D eigenvalue weighted by molar-refractivity contribution is 0.247. The number of rotatable bonds is 7. The number of nitrogens with two attached hydrogens (primary N) is 2. The van der Waals surface area contributed by atoms with Crippen LogP contribution in [0.4, 0.5) is 20.1 Å². The quantitative estimate of drug-likeness (QED) is 0.327. The summed E-state index contributed by atoms with van der Waals surface area (Å²) < 4.78 is 40.6. The van der Waals surface area contributed by atoms with Gasteiger partial charge in [-0.1, -0.05) is 17.7 Å². The van der Waals surface area contributed by atoms with Gasteiger partial charge >= 0.3 is 16.3 Å². The van der Waals surface area contributed by atoms with Crippen molar-refractivity contribution in [3.8, 4) is 5.75 Å².